The maximum atomic E-state index is 13.8. The summed E-state index contributed by atoms with van der Waals surface area (Å²) in [5.41, 5.74) is 4.34. The summed E-state index contributed by atoms with van der Waals surface area (Å²) in [5.74, 6) is -1.33. The molecule has 2 amide bonds. The van der Waals surface area contributed by atoms with E-state index < -0.39 is 23.5 Å². The van der Waals surface area contributed by atoms with Gasteiger partial charge in [-0.1, -0.05) is 78.9 Å². The first-order chi connectivity index (χ1) is 18.9. The van der Waals surface area contributed by atoms with Crippen molar-refractivity contribution in [3.63, 3.8) is 0 Å². The number of benzene rings is 3. The number of ether oxygens (including phenoxy) is 2. The van der Waals surface area contributed by atoms with Crippen LogP contribution in [-0.2, 0) is 25.6 Å². The molecule has 2 N–H and O–H groups in total. The fraction of sp³-hybridized carbons (Fsp3) is 0.323. The van der Waals surface area contributed by atoms with Crippen molar-refractivity contribution in [1.82, 2.24) is 10.2 Å². The molecule has 8 nitrogen and oxygen atoms in total. The zero-order valence-corrected chi connectivity index (χ0v) is 21.8. The summed E-state index contributed by atoms with van der Waals surface area (Å²) in [4.78, 5) is 39.6. The monoisotopic (exact) mass is 528 g/mol. The van der Waals surface area contributed by atoms with Crippen LogP contribution < -0.4 is 5.32 Å². The molecule has 2 aliphatic rings. The van der Waals surface area contributed by atoms with E-state index in [0.29, 0.717) is 0 Å². The zero-order valence-electron chi connectivity index (χ0n) is 21.8. The number of aliphatic carboxylic acids is 1. The highest BCUT2D eigenvalue weighted by molar-refractivity contribution is 5.85. The van der Waals surface area contributed by atoms with Gasteiger partial charge in [0.2, 0.25) is 5.91 Å². The Morgan fingerprint density at radius 3 is 2.23 bits per heavy atom. The van der Waals surface area contributed by atoms with Crippen molar-refractivity contribution in [2.45, 2.75) is 31.8 Å². The van der Waals surface area contributed by atoms with Gasteiger partial charge in [-0.15, -0.1) is 0 Å². The molecule has 39 heavy (non-hydrogen) atoms. The maximum Gasteiger partial charge on any atom is 0.407 e. The molecule has 0 spiro atoms. The quantitative estimate of drug-likeness (QED) is 0.426. The highest BCUT2D eigenvalue weighted by Crippen LogP contribution is 2.44. The third-order valence-corrected chi connectivity index (χ3v) is 7.68. The molecule has 1 saturated heterocycles. The first-order valence-corrected chi connectivity index (χ1v) is 13.1. The lowest BCUT2D eigenvalue weighted by Crippen LogP contribution is -2.54. The number of alkyl carbamates (subject to hydrolysis) is 1. The van der Waals surface area contributed by atoms with Crippen molar-refractivity contribution < 1.29 is 29.0 Å². The number of hydrogen-bond acceptors (Lipinski definition) is 5. The predicted molar refractivity (Wildman–Crippen MR) is 145 cm³/mol. The Bertz CT molecular complexity index is 1310. The number of nitrogens with zero attached hydrogens (tertiary/aromatic N) is 1. The van der Waals surface area contributed by atoms with Crippen LogP contribution in [0.5, 0.6) is 0 Å². The van der Waals surface area contributed by atoms with Gasteiger partial charge >= 0.3 is 12.1 Å². The topological polar surface area (TPSA) is 105 Å². The smallest absolute Gasteiger partial charge is 0.407 e. The van der Waals surface area contributed by atoms with Crippen LogP contribution in [0, 0.1) is 5.41 Å². The number of rotatable bonds is 9. The Morgan fingerprint density at radius 2 is 1.59 bits per heavy atom. The first-order valence-electron chi connectivity index (χ1n) is 13.1. The summed E-state index contributed by atoms with van der Waals surface area (Å²) in [6.45, 7) is 2.49. The average Bonchev–Trinajstić information content (AvgIpc) is 3.48. The second-order valence-electron chi connectivity index (χ2n) is 10.3. The minimum Gasteiger partial charge on any atom is -0.481 e. The third kappa shape index (κ3) is 5.52. The van der Waals surface area contributed by atoms with Crippen molar-refractivity contribution >= 4 is 18.0 Å². The fourth-order valence-corrected chi connectivity index (χ4v) is 5.52. The SMILES string of the molecule is CC1(C(=O)N(CCC(=O)O)Cc2ccccc2)COCC1NC(=O)OCC1c2ccccc2-c2ccccc21. The molecule has 202 valence electrons. The van der Waals surface area contributed by atoms with Crippen LogP contribution >= 0.6 is 0 Å². The fourth-order valence-electron chi connectivity index (χ4n) is 5.52. The molecular formula is C31H32N2O6. The molecule has 0 aromatic heterocycles. The number of carbonyl (C=O) groups is 3. The van der Waals surface area contributed by atoms with E-state index in [4.69, 9.17) is 9.47 Å². The van der Waals surface area contributed by atoms with E-state index in [2.05, 4.69) is 29.6 Å². The molecular weight excluding hydrogens is 496 g/mol. The van der Waals surface area contributed by atoms with Crippen molar-refractivity contribution in [2.24, 2.45) is 5.41 Å². The van der Waals surface area contributed by atoms with E-state index in [-0.39, 0.29) is 51.2 Å². The molecule has 1 aliphatic carbocycles. The van der Waals surface area contributed by atoms with Crippen molar-refractivity contribution in [3.05, 3.63) is 95.6 Å². The molecule has 1 fully saturated rings. The predicted octanol–water partition coefficient (Wildman–Crippen LogP) is 4.43. The Kier molecular flexibility index (Phi) is 7.65. The van der Waals surface area contributed by atoms with E-state index in [1.807, 2.05) is 54.6 Å². The summed E-state index contributed by atoms with van der Waals surface area (Å²) in [5, 5.41) is 12.1. The molecule has 2 unspecified atom stereocenters. The summed E-state index contributed by atoms with van der Waals surface area (Å²) in [7, 11) is 0. The van der Waals surface area contributed by atoms with Gasteiger partial charge in [0.1, 0.15) is 6.61 Å². The van der Waals surface area contributed by atoms with E-state index in [1.54, 1.807) is 6.92 Å². The molecule has 3 aromatic carbocycles. The molecule has 0 bridgehead atoms. The van der Waals surface area contributed by atoms with Gasteiger partial charge in [0, 0.05) is 19.0 Å². The van der Waals surface area contributed by atoms with E-state index >= 15 is 0 Å². The van der Waals surface area contributed by atoms with Crippen LogP contribution in [0.15, 0.2) is 78.9 Å². The second-order valence-corrected chi connectivity index (χ2v) is 10.3. The number of carboxylic acid groups (broad SMARTS) is 1. The van der Waals surface area contributed by atoms with Gasteiger partial charge in [-0.3, -0.25) is 9.59 Å². The van der Waals surface area contributed by atoms with Crippen molar-refractivity contribution in [3.8, 4) is 11.1 Å². The molecule has 1 aliphatic heterocycles. The minimum atomic E-state index is -1.07. The molecule has 2 atom stereocenters. The Hall–Kier alpha value is -4.17. The van der Waals surface area contributed by atoms with Crippen LogP contribution in [0.1, 0.15) is 36.0 Å². The Balaban J connectivity index is 1.26. The molecule has 0 saturated carbocycles. The van der Waals surface area contributed by atoms with Crippen LogP contribution in [0.25, 0.3) is 11.1 Å². The largest absolute Gasteiger partial charge is 0.481 e. The average molecular weight is 529 g/mol. The third-order valence-electron chi connectivity index (χ3n) is 7.68. The normalized spacial score (nSPS) is 19.7. The minimum absolute atomic E-state index is 0.0519. The van der Waals surface area contributed by atoms with Crippen LogP contribution in [0.4, 0.5) is 4.79 Å². The van der Waals surface area contributed by atoms with E-state index in [9.17, 15) is 19.5 Å². The van der Waals surface area contributed by atoms with Gasteiger partial charge in [0.25, 0.3) is 0 Å². The second kappa shape index (κ2) is 11.3. The number of fused-ring (bicyclic) bond motifs is 3. The van der Waals surface area contributed by atoms with E-state index in [0.717, 1.165) is 27.8 Å². The van der Waals surface area contributed by atoms with Gasteiger partial charge in [-0.05, 0) is 34.7 Å². The van der Waals surface area contributed by atoms with Crippen LogP contribution in [0.3, 0.4) is 0 Å². The standard InChI is InChI=1S/C31H32N2O6/c1-31(29(36)33(16-15-28(34)35)17-21-9-3-2-4-10-21)20-38-19-27(31)32-30(37)39-18-26-24-13-7-5-11-22(24)23-12-6-8-14-25(23)26/h2-14,26-27H,15-20H2,1H3,(H,32,37)(H,34,35). The molecule has 1 heterocycles. The van der Waals surface area contributed by atoms with Crippen LogP contribution in [0.2, 0.25) is 0 Å². The first kappa shape index (κ1) is 26.4. The number of amides is 2. The summed E-state index contributed by atoms with van der Waals surface area (Å²) < 4.78 is 11.4. The number of carbonyl (C=O) groups excluding carboxylic acids is 2. The summed E-state index contributed by atoms with van der Waals surface area (Å²) in [6.07, 6.45) is -0.800. The van der Waals surface area contributed by atoms with Crippen molar-refractivity contribution in [2.75, 3.05) is 26.4 Å². The number of nitrogens with one attached hydrogen (secondary N) is 1. The number of hydrogen-bond donors (Lipinski definition) is 2. The van der Waals surface area contributed by atoms with Gasteiger partial charge < -0.3 is 24.8 Å². The lowest BCUT2D eigenvalue weighted by Gasteiger charge is -2.34. The van der Waals surface area contributed by atoms with Gasteiger partial charge in [0.15, 0.2) is 0 Å². The Morgan fingerprint density at radius 1 is 0.974 bits per heavy atom. The summed E-state index contributed by atoms with van der Waals surface area (Å²) in [6, 6.07) is 25.0. The highest BCUT2D eigenvalue weighted by atomic mass is 16.5. The maximum absolute atomic E-state index is 13.8. The molecule has 8 heteroatoms. The Labute approximate surface area is 227 Å². The van der Waals surface area contributed by atoms with Gasteiger partial charge in [-0.2, -0.15) is 0 Å². The van der Waals surface area contributed by atoms with Gasteiger partial charge in [0.05, 0.1) is 31.1 Å². The lowest BCUT2D eigenvalue weighted by atomic mass is 9.83. The molecule has 3 aromatic rings. The highest BCUT2D eigenvalue weighted by Gasteiger charge is 2.49. The molecule has 5 rings (SSSR count). The van der Waals surface area contributed by atoms with E-state index in [1.165, 1.54) is 4.90 Å². The lowest BCUT2D eigenvalue weighted by molar-refractivity contribution is -0.144. The number of carboxylic acids is 1. The van der Waals surface area contributed by atoms with Crippen LogP contribution in [-0.4, -0.2) is 60.4 Å². The zero-order chi connectivity index (χ0) is 27.4. The van der Waals surface area contributed by atoms with Crippen molar-refractivity contribution in [1.29, 1.82) is 0 Å². The molecule has 0 radical (unpaired) electrons. The van der Waals surface area contributed by atoms with Gasteiger partial charge in [-0.25, -0.2) is 4.79 Å². The summed E-state index contributed by atoms with van der Waals surface area (Å²) >= 11 is 0.